The highest BCUT2D eigenvalue weighted by Crippen LogP contribution is 2.18. The Hall–Kier alpha value is -3.74. The monoisotopic (exact) mass is 377 g/mol. The van der Waals surface area contributed by atoms with Gasteiger partial charge in [-0.05, 0) is 23.8 Å². The summed E-state index contributed by atoms with van der Waals surface area (Å²) in [5, 5.41) is 13.8. The van der Waals surface area contributed by atoms with E-state index in [2.05, 4.69) is 10.3 Å². The summed E-state index contributed by atoms with van der Waals surface area (Å²) >= 11 is 0. The molecule has 1 N–H and O–H groups in total. The second kappa shape index (κ2) is 9.27. The summed E-state index contributed by atoms with van der Waals surface area (Å²) in [7, 11) is 0. The third kappa shape index (κ3) is 5.38. The predicted octanol–water partition coefficient (Wildman–Crippen LogP) is 3.43. The molecular weight excluding hydrogens is 358 g/mol. The SMILES string of the molecule is O=C(Cc1ccccc1[N+](=O)[O-])NCc1ccc(OCc2cccnc2)cc1. The van der Waals surface area contributed by atoms with Crippen molar-refractivity contribution < 1.29 is 14.5 Å². The number of rotatable bonds is 8. The number of aromatic nitrogens is 1. The lowest BCUT2D eigenvalue weighted by molar-refractivity contribution is -0.385. The summed E-state index contributed by atoms with van der Waals surface area (Å²) in [4.78, 5) is 26.7. The van der Waals surface area contributed by atoms with Gasteiger partial charge in [-0.15, -0.1) is 0 Å². The third-order valence-corrected chi connectivity index (χ3v) is 4.08. The predicted molar refractivity (Wildman–Crippen MR) is 104 cm³/mol. The molecule has 0 fully saturated rings. The van der Waals surface area contributed by atoms with Gasteiger partial charge in [-0.2, -0.15) is 0 Å². The molecule has 1 amide bonds. The fraction of sp³-hybridized carbons (Fsp3) is 0.143. The molecule has 28 heavy (non-hydrogen) atoms. The number of para-hydroxylation sites is 1. The molecular formula is C21H19N3O4. The molecule has 142 valence electrons. The highest BCUT2D eigenvalue weighted by atomic mass is 16.6. The highest BCUT2D eigenvalue weighted by molar-refractivity contribution is 5.79. The van der Waals surface area contributed by atoms with Gasteiger partial charge in [0, 0.05) is 36.1 Å². The summed E-state index contributed by atoms with van der Waals surface area (Å²) < 4.78 is 5.70. The number of carbonyl (C=O) groups excluding carboxylic acids is 1. The lowest BCUT2D eigenvalue weighted by atomic mass is 10.1. The molecule has 7 heteroatoms. The van der Waals surface area contributed by atoms with Crippen LogP contribution in [0.4, 0.5) is 5.69 Å². The quantitative estimate of drug-likeness (QED) is 0.479. The van der Waals surface area contributed by atoms with Crippen molar-refractivity contribution in [3.8, 4) is 5.75 Å². The first kappa shape index (κ1) is 19.0. The van der Waals surface area contributed by atoms with Gasteiger partial charge in [-0.1, -0.05) is 36.4 Å². The zero-order valence-electron chi connectivity index (χ0n) is 15.1. The minimum Gasteiger partial charge on any atom is -0.489 e. The topological polar surface area (TPSA) is 94.4 Å². The van der Waals surface area contributed by atoms with E-state index in [9.17, 15) is 14.9 Å². The van der Waals surface area contributed by atoms with Crippen molar-refractivity contribution in [3.05, 3.63) is 99.9 Å². The number of nitro groups is 1. The number of nitro benzene ring substituents is 1. The summed E-state index contributed by atoms with van der Waals surface area (Å²) in [5.41, 5.74) is 2.23. The maximum absolute atomic E-state index is 12.1. The van der Waals surface area contributed by atoms with Crippen LogP contribution in [-0.2, 0) is 24.4 Å². The van der Waals surface area contributed by atoms with E-state index in [-0.39, 0.29) is 18.0 Å². The summed E-state index contributed by atoms with van der Waals surface area (Å²) in [6.45, 7) is 0.766. The van der Waals surface area contributed by atoms with E-state index in [4.69, 9.17) is 4.74 Å². The van der Waals surface area contributed by atoms with Crippen LogP contribution in [0.3, 0.4) is 0 Å². The fourth-order valence-corrected chi connectivity index (χ4v) is 2.63. The lowest BCUT2D eigenvalue weighted by Gasteiger charge is -2.08. The number of benzene rings is 2. The van der Waals surface area contributed by atoms with Crippen LogP contribution in [0.1, 0.15) is 16.7 Å². The van der Waals surface area contributed by atoms with Crippen molar-refractivity contribution in [1.82, 2.24) is 10.3 Å². The number of nitrogens with one attached hydrogen (secondary N) is 1. The largest absolute Gasteiger partial charge is 0.489 e. The van der Waals surface area contributed by atoms with Gasteiger partial charge in [-0.25, -0.2) is 0 Å². The third-order valence-electron chi connectivity index (χ3n) is 4.08. The van der Waals surface area contributed by atoms with Crippen molar-refractivity contribution in [1.29, 1.82) is 0 Å². The molecule has 7 nitrogen and oxygen atoms in total. The zero-order chi connectivity index (χ0) is 19.8. The number of hydrogen-bond acceptors (Lipinski definition) is 5. The molecule has 0 aliphatic rings. The Morgan fingerprint density at radius 3 is 2.54 bits per heavy atom. The average Bonchev–Trinajstić information content (AvgIpc) is 2.72. The van der Waals surface area contributed by atoms with E-state index >= 15 is 0 Å². The van der Waals surface area contributed by atoms with Crippen molar-refractivity contribution in [2.45, 2.75) is 19.6 Å². The lowest BCUT2D eigenvalue weighted by Crippen LogP contribution is -2.24. The maximum atomic E-state index is 12.1. The van der Waals surface area contributed by atoms with Gasteiger partial charge >= 0.3 is 0 Å². The van der Waals surface area contributed by atoms with Gasteiger partial charge in [0.05, 0.1) is 11.3 Å². The Morgan fingerprint density at radius 1 is 1.04 bits per heavy atom. The highest BCUT2D eigenvalue weighted by Gasteiger charge is 2.15. The number of pyridine rings is 1. The van der Waals surface area contributed by atoms with Crippen LogP contribution in [0.5, 0.6) is 5.75 Å². The molecule has 3 rings (SSSR count). The molecule has 2 aromatic carbocycles. The van der Waals surface area contributed by atoms with Crippen molar-refractivity contribution >= 4 is 11.6 Å². The smallest absolute Gasteiger partial charge is 0.273 e. The van der Waals surface area contributed by atoms with Crippen LogP contribution in [0.15, 0.2) is 73.1 Å². The van der Waals surface area contributed by atoms with Crippen LogP contribution in [0, 0.1) is 10.1 Å². The Bertz CT molecular complexity index is 943. The molecule has 1 heterocycles. The van der Waals surface area contributed by atoms with E-state index in [1.165, 1.54) is 6.07 Å². The molecule has 0 aliphatic carbocycles. The van der Waals surface area contributed by atoms with Gasteiger partial charge in [0.25, 0.3) is 5.69 Å². The molecule has 0 saturated heterocycles. The van der Waals surface area contributed by atoms with Gasteiger partial charge in [-0.3, -0.25) is 19.9 Å². The van der Waals surface area contributed by atoms with E-state index in [1.54, 1.807) is 30.6 Å². The van der Waals surface area contributed by atoms with E-state index < -0.39 is 4.92 Å². The van der Waals surface area contributed by atoms with Gasteiger partial charge in [0.15, 0.2) is 0 Å². The molecule has 0 bridgehead atoms. The molecule has 3 aromatic rings. The first-order valence-corrected chi connectivity index (χ1v) is 8.71. The number of amides is 1. The minimum atomic E-state index is -0.479. The summed E-state index contributed by atoms with van der Waals surface area (Å²) in [6.07, 6.45) is 3.42. The second-order valence-corrected chi connectivity index (χ2v) is 6.13. The Balaban J connectivity index is 1.49. The van der Waals surface area contributed by atoms with Crippen molar-refractivity contribution in [2.24, 2.45) is 0 Å². The number of carbonyl (C=O) groups is 1. The first-order chi connectivity index (χ1) is 13.6. The minimum absolute atomic E-state index is 0.0382. The first-order valence-electron chi connectivity index (χ1n) is 8.71. The maximum Gasteiger partial charge on any atom is 0.273 e. The van der Waals surface area contributed by atoms with Crippen LogP contribution in [0.2, 0.25) is 0 Å². The summed E-state index contributed by atoms with van der Waals surface area (Å²) in [5.74, 6) is 0.449. The summed E-state index contributed by atoms with van der Waals surface area (Å²) in [6, 6.07) is 17.4. The van der Waals surface area contributed by atoms with E-state index in [1.807, 2.05) is 36.4 Å². The molecule has 0 saturated carbocycles. The van der Waals surface area contributed by atoms with Gasteiger partial charge in [0.1, 0.15) is 12.4 Å². The molecule has 0 radical (unpaired) electrons. The fourth-order valence-electron chi connectivity index (χ4n) is 2.63. The van der Waals surface area contributed by atoms with Crippen LogP contribution in [-0.4, -0.2) is 15.8 Å². The molecule has 0 aliphatic heterocycles. The number of ether oxygens (including phenoxy) is 1. The second-order valence-electron chi connectivity index (χ2n) is 6.13. The van der Waals surface area contributed by atoms with Crippen molar-refractivity contribution in [2.75, 3.05) is 0 Å². The van der Waals surface area contributed by atoms with E-state index in [0.717, 1.165) is 16.9 Å². The van der Waals surface area contributed by atoms with Crippen LogP contribution in [0.25, 0.3) is 0 Å². The Kier molecular flexibility index (Phi) is 6.30. The zero-order valence-corrected chi connectivity index (χ0v) is 15.1. The molecule has 1 aromatic heterocycles. The Labute approximate surface area is 162 Å². The van der Waals surface area contributed by atoms with Gasteiger partial charge < -0.3 is 10.1 Å². The average molecular weight is 377 g/mol. The van der Waals surface area contributed by atoms with Gasteiger partial charge in [0.2, 0.25) is 5.91 Å². The van der Waals surface area contributed by atoms with Crippen molar-refractivity contribution in [3.63, 3.8) is 0 Å². The van der Waals surface area contributed by atoms with Crippen LogP contribution >= 0.6 is 0 Å². The normalized spacial score (nSPS) is 10.3. The molecule has 0 spiro atoms. The molecule has 0 atom stereocenters. The number of nitrogens with zero attached hydrogens (tertiary/aromatic N) is 2. The van der Waals surface area contributed by atoms with E-state index in [0.29, 0.717) is 18.7 Å². The standard InChI is InChI=1S/C21H19N3O4/c25-21(12-18-5-1-2-6-20(18)24(26)27)23-14-16-7-9-19(10-8-16)28-15-17-4-3-11-22-13-17/h1-11,13H,12,14-15H2,(H,23,25). The molecule has 0 unspecified atom stereocenters. The van der Waals surface area contributed by atoms with Crippen LogP contribution < -0.4 is 10.1 Å². The number of hydrogen-bond donors (Lipinski definition) is 1. The Morgan fingerprint density at radius 2 is 1.82 bits per heavy atom.